The van der Waals surface area contributed by atoms with E-state index < -0.39 is 10.0 Å². The van der Waals surface area contributed by atoms with Crippen LogP contribution in [0.5, 0.6) is 0 Å². The highest BCUT2D eigenvalue weighted by molar-refractivity contribution is 7.90. The number of sulfonamides is 1. The topological polar surface area (TPSA) is 76.0 Å². The van der Waals surface area contributed by atoms with Gasteiger partial charge in [0, 0.05) is 19.3 Å². The smallest absolute Gasteiger partial charge is 0.215 e. The van der Waals surface area contributed by atoms with Gasteiger partial charge in [0.25, 0.3) is 0 Å². The van der Waals surface area contributed by atoms with E-state index in [2.05, 4.69) is 15.1 Å². The number of hydrogen-bond donors (Lipinski definition) is 2. The Morgan fingerprint density at radius 1 is 1.61 bits per heavy atom. The molecule has 1 aliphatic rings. The molecular weight excluding hydrogens is 252 g/mol. The molecule has 0 spiro atoms. The molecule has 0 bridgehead atoms. The Kier molecular flexibility index (Phi) is 4.36. The second-order valence-electron chi connectivity index (χ2n) is 4.69. The summed E-state index contributed by atoms with van der Waals surface area (Å²) in [6, 6.07) is 0. The molecule has 1 saturated heterocycles. The van der Waals surface area contributed by atoms with Gasteiger partial charge in [0.15, 0.2) is 0 Å². The summed E-state index contributed by atoms with van der Waals surface area (Å²) in [5.74, 6) is 0. The van der Waals surface area contributed by atoms with Crippen LogP contribution in [0.4, 0.5) is 0 Å². The van der Waals surface area contributed by atoms with Gasteiger partial charge in [0.1, 0.15) is 0 Å². The fourth-order valence-electron chi connectivity index (χ4n) is 2.09. The van der Waals surface area contributed by atoms with Gasteiger partial charge in [0.05, 0.1) is 18.0 Å². The summed E-state index contributed by atoms with van der Waals surface area (Å²) in [5, 5.41) is 6.93. The normalized spacial score (nSPS) is 21.1. The van der Waals surface area contributed by atoms with E-state index in [1.54, 1.807) is 10.9 Å². The zero-order valence-corrected chi connectivity index (χ0v) is 11.4. The van der Waals surface area contributed by atoms with Crippen LogP contribution in [0, 0.1) is 6.92 Å². The minimum Gasteiger partial charge on any atom is -0.315 e. The molecule has 0 amide bonds. The average Bonchev–Trinajstić information content (AvgIpc) is 2.76. The van der Waals surface area contributed by atoms with E-state index in [0.29, 0.717) is 19.6 Å². The van der Waals surface area contributed by atoms with Crippen molar-refractivity contribution >= 4 is 10.0 Å². The van der Waals surface area contributed by atoms with Crippen LogP contribution in [0.15, 0.2) is 12.4 Å². The lowest BCUT2D eigenvalue weighted by molar-refractivity contribution is 0.486. The lowest BCUT2D eigenvalue weighted by Gasteiger charge is -2.22. The molecule has 0 aliphatic carbocycles. The Bertz CT molecular complexity index is 477. The first-order chi connectivity index (χ1) is 8.58. The predicted octanol–water partition coefficient (Wildman–Crippen LogP) is -0.137. The zero-order valence-electron chi connectivity index (χ0n) is 10.6. The number of aryl methyl sites for hydroxylation is 1. The van der Waals surface area contributed by atoms with Crippen molar-refractivity contribution in [1.29, 1.82) is 0 Å². The Balaban J connectivity index is 1.81. The van der Waals surface area contributed by atoms with Crippen LogP contribution in [-0.2, 0) is 16.6 Å². The average molecular weight is 272 g/mol. The van der Waals surface area contributed by atoms with Gasteiger partial charge < -0.3 is 5.32 Å². The molecule has 2 heterocycles. The highest BCUT2D eigenvalue weighted by Gasteiger charge is 2.26. The second kappa shape index (κ2) is 5.81. The van der Waals surface area contributed by atoms with Crippen LogP contribution in [0.1, 0.15) is 18.4 Å². The minimum atomic E-state index is -3.20. The van der Waals surface area contributed by atoms with Gasteiger partial charge in [-0.05, 0) is 31.9 Å². The van der Waals surface area contributed by atoms with Gasteiger partial charge in [-0.15, -0.1) is 0 Å². The number of piperidine rings is 1. The molecule has 7 heteroatoms. The zero-order chi connectivity index (χ0) is 13.0. The van der Waals surface area contributed by atoms with Crippen molar-refractivity contribution in [2.24, 2.45) is 0 Å². The third kappa shape index (κ3) is 3.54. The van der Waals surface area contributed by atoms with Crippen LogP contribution in [0.25, 0.3) is 0 Å². The van der Waals surface area contributed by atoms with E-state index in [-0.39, 0.29) is 5.25 Å². The summed E-state index contributed by atoms with van der Waals surface area (Å²) in [5.41, 5.74) is 1.08. The first-order valence-corrected chi connectivity index (χ1v) is 7.81. The molecule has 1 aliphatic heterocycles. The summed E-state index contributed by atoms with van der Waals surface area (Å²) in [7, 11) is -3.20. The molecule has 18 heavy (non-hydrogen) atoms. The van der Waals surface area contributed by atoms with Crippen molar-refractivity contribution < 1.29 is 8.42 Å². The molecule has 102 valence electrons. The van der Waals surface area contributed by atoms with E-state index >= 15 is 0 Å². The Hall–Kier alpha value is -0.920. The molecule has 2 N–H and O–H groups in total. The van der Waals surface area contributed by atoms with Gasteiger partial charge in [-0.25, -0.2) is 13.1 Å². The summed E-state index contributed by atoms with van der Waals surface area (Å²) in [4.78, 5) is 0. The standard InChI is InChI=1S/C11H20N4O2S/c1-10-7-13-15(9-10)6-5-14-18(16,17)11-3-2-4-12-8-11/h7,9,11-12,14H,2-6,8H2,1H3. The number of hydrogen-bond acceptors (Lipinski definition) is 4. The van der Waals surface area contributed by atoms with Crippen molar-refractivity contribution in [3.05, 3.63) is 18.0 Å². The monoisotopic (exact) mass is 272 g/mol. The maximum Gasteiger partial charge on any atom is 0.215 e. The molecule has 0 aromatic carbocycles. The summed E-state index contributed by atoms with van der Waals surface area (Å²) < 4.78 is 28.4. The predicted molar refractivity (Wildman–Crippen MR) is 69.8 cm³/mol. The molecule has 1 atom stereocenters. The van der Waals surface area contributed by atoms with Crippen LogP contribution in [0.3, 0.4) is 0 Å². The Morgan fingerprint density at radius 3 is 3.06 bits per heavy atom. The largest absolute Gasteiger partial charge is 0.315 e. The van der Waals surface area contributed by atoms with Gasteiger partial charge in [-0.2, -0.15) is 5.10 Å². The van der Waals surface area contributed by atoms with Crippen molar-refractivity contribution in [2.75, 3.05) is 19.6 Å². The number of nitrogens with zero attached hydrogens (tertiary/aromatic N) is 2. The van der Waals surface area contributed by atoms with Gasteiger partial charge in [0.2, 0.25) is 10.0 Å². The summed E-state index contributed by atoms with van der Waals surface area (Å²) in [6.45, 7) is 4.38. The highest BCUT2D eigenvalue weighted by Crippen LogP contribution is 2.10. The van der Waals surface area contributed by atoms with Crippen LogP contribution in [0.2, 0.25) is 0 Å². The van der Waals surface area contributed by atoms with Gasteiger partial charge >= 0.3 is 0 Å². The third-order valence-corrected chi connectivity index (χ3v) is 4.98. The van der Waals surface area contributed by atoms with Gasteiger partial charge in [-0.1, -0.05) is 0 Å². The van der Waals surface area contributed by atoms with E-state index in [9.17, 15) is 8.42 Å². The van der Waals surface area contributed by atoms with Crippen LogP contribution >= 0.6 is 0 Å². The van der Waals surface area contributed by atoms with Crippen molar-refractivity contribution in [1.82, 2.24) is 19.8 Å². The number of rotatable bonds is 5. The van der Waals surface area contributed by atoms with Crippen LogP contribution in [-0.4, -0.2) is 43.1 Å². The fourth-order valence-corrected chi connectivity index (χ4v) is 3.52. The van der Waals surface area contributed by atoms with E-state index in [4.69, 9.17) is 0 Å². The van der Waals surface area contributed by atoms with E-state index in [1.165, 1.54) is 0 Å². The minimum absolute atomic E-state index is 0.300. The first-order valence-electron chi connectivity index (χ1n) is 6.26. The molecule has 0 saturated carbocycles. The molecule has 6 nitrogen and oxygen atoms in total. The summed E-state index contributed by atoms with van der Waals surface area (Å²) in [6.07, 6.45) is 5.32. The number of nitrogens with one attached hydrogen (secondary N) is 2. The molecule has 2 rings (SSSR count). The molecule has 1 aromatic heterocycles. The number of aromatic nitrogens is 2. The maximum atomic E-state index is 12.0. The molecule has 1 unspecified atom stereocenters. The second-order valence-corrected chi connectivity index (χ2v) is 6.73. The van der Waals surface area contributed by atoms with Crippen molar-refractivity contribution in [3.8, 4) is 0 Å². The van der Waals surface area contributed by atoms with E-state index in [1.807, 2.05) is 13.1 Å². The van der Waals surface area contributed by atoms with E-state index in [0.717, 1.165) is 24.9 Å². The van der Waals surface area contributed by atoms with Crippen molar-refractivity contribution in [3.63, 3.8) is 0 Å². The Labute approximate surface area is 108 Å². The Morgan fingerprint density at radius 2 is 2.44 bits per heavy atom. The molecular formula is C11H20N4O2S. The molecule has 1 fully saturated rings. The first kappa shape index (κ1) is 13.5. The highest BCUT2D eigenvalue weighted by atomic mass is 32.2. The van der Waals surface area contributed by atoms with Gasteiger partial charge in [-0.3, -0.25) is 4.68 Å². The third-order valence-electron chi connectivity index (χ3n) is 3.10. The fraction of sp³-hybridized carbons (Fsp3) is 0.727. The molecule has 1 aromatic rings. The summed E-state index contributed by atoms with van der Waals surface area (Å²) >= 11 is 0. The lowest BCUT2D eigenvalue weighted by atomic mass is 10.2. The van der Waals surface area contributed by atoms with Crippen LogP contribution < -0.4 is 10.0 Å². The maximum absolute atomic E-state index is 12.0. The van der Waals surface area contributed by atoms with Crippen molar-refractivity contribution in [2.45, 2.75) is 31.6 Å². The molecule has 0 radical (unpaired) electrons. The SMILES string of the molecule is Cc1cnn(CCNS(=O)(=O)C2CCCNC2)c1. The lowest BCUT2D eigenvalue weighted by Crippen LogP contribution is -2.44. The quantitative estimate of drug-likeness (QED) is 0.782.